The second kappa shape index (κ2) is 9.99. The maximum Gasteiger partial charge on any atom is 0.416 e. The van der Waals surface area contributed by atoms with E-state index in [1.54, 1.807) is 15.6 Å². The summed E-state index contributed by atoms with van der Waals surface area (Å²) in [5, 5.41) is 4.33. The maximum absolute atomic E-state index is 13.1. The summed E-state index contributed by atoms with van der Waals surface area (Å²) in [4.78, 5) is 28.2. The van der Waals surface area contributed by atoms with Crippen molar-refractivity contribution in [2.75, 3.05) is 32.8 Å². The number of hydrogen-bond donors (Lipinski definition) is 0. The zero-order valence-electron chi connectivity index (χ0n) is 18.9. The molecule has 1 fully saturated rings. The number of benzene rings is 1. The summed E-state index contributed by atoms with van der Waals surface area (Å²) in [5.74, 6) is -0.266. The molecule has 0 unspecified atom stereocenters. The van der Waals surface area contributed by atoms with E-state index in [9.17, 15) is 35.9 Å². The predicted octanol–water partition coefficient (Wildman–Crippen LogP) is 3.94. The molecule has 0 saturated carbocycles. The van der Waals surface area contributed by atoms with E-state index in [4.69, 9.17) is 9.47 Å². The van der Waals surface area contributed by atoms with Crippen molar-refractivity contribution in [3.8, 4) is 0 Å². The molecule has 4 rings (SSSR count). The van der Waals surface area contributed by atoms with E-state index in [-0.39, 0.29) is 30.8 Å². The molecule has 1 saturated heterocycles. The van der Waals surface area contributed by atoms with E-state index in [2.05, 4.69) is 5.10 Å². The number of alkyl halides is 6. The van der Waals surface area contributed by atoms with Crippen LogP contribution in [0.2, 0.25) is 0 Å². The molecule has 0 N–H and O–H groups in total. The van der Waals surface area contributed by atoms with Crippen LogP contribution in [-0.2, 0) is 41.5 Å². The summed E-state index contributed by atoms with van der Waals surface area (Å²) in [6.45, 7) is 1.60. The fourth-order valence-corrected chi connectivity index (χ4v) is 3.99. The third-order valence-corrected chi connectivity index (χ3v) is 5.80. The van der Waals surface area contributed by atoms with Crippen LogP contribution in [0.25, 0.3) is 0 Å². The van der Waals surface area contributed by atoms with Gasteiger partial charge in [-0.15, -0.1) is 0 Å². The van der Waals surface area contributed by atoms with Crippen LogP contribution in [-0.4, -0.2) is 64.4 Å². The molecule has 2 aliphatic heterocycles. The zero-order valence-corrected chi connectivity index (χ0v) is 18.9. The van der Waals surface area contributed by atoms with Gasteiger partial charge in [-0.3, -0.25) is 9.48 Å². The first-order valence-electron chi connectivity index (χ1n) is 11.1. The van der Waals surface area contributed by atoms with Crippen molar-refractivity contribution >= 4 is 12.0 Å². The molecule has 2 aliphatic rings. The van der Waals surface area contributed by atoms with Crippen molar-refractivity contribution in [2.45, 2.75) is 38.5 Å². The molecule has 1 aromatic carbocycles. The lowest BCUT2D eigenvalue weighted by atomic mass is 10.1. The van der Waals surface area contributed by atoms with E-state index in [0.29, 0.717) is 57.1 Å². The Balaban J connectivity index is 1.44. The van der Waals surface area contributed by atoms with Gasteiger partial charge in [-0.1, -0.05) is 0 Å². The Morgan fingerprint density at radius 3 is 2.14 bits per heavy atom. The Kier molecular flexibility index (Phi) is 7.16. The van der Waals surface area contributed by atoms with E-state index in [1.807, 2.05) is 0 Å². The first kappa shape index (κ1) is 25.8. The normalized spacial score (nSPS) is 16.9. The average Bonchev–Trinajstić information content (AvgIpc) is 3.12. The van der Waals surface area contributed by atoms with Gasteiger partial charge in [0.05, 0.1) is 36.6 Å². The summed E-state index contributed by atoms with van der Waals surface area (Å²) in [7, 11) is 0. The maximum atomic E-state index is 13.1. The van der Waals surface area contributed by atoms with Crippen LogP contribution < -0.4 is 0 Å². The van der Waals surface area contributed by atoms with Crippen LogP contribution in [0, 0.1) is 0 Å². The number of carbonyl (C=O) groups is 2. The topological polar surface area (TPSA) is 76.9 Å². The first-order chi connectivity index (χ1) is 16.9. The molecule has 0 radical (unpaired) electrons. The Bertz CT molecular complexity index is 1090. The third-order valence-electron chi connectivity index (χ3n) is 5.80. The van der Waals surface area contributed by atoms with Crippen LogP contribution in [0.4, 0.5) is 31.1 Å². The van der Waals surface area contributed by atoms with Crippen molar-refractivity contribution in [3.05, 3.63) is 52.3 Å². The molecule has 0 bridgehead atoms. The van der Waals surface area contributed by atoms with Crippen LogP contribution >= 0.6 is 0 Å². The lowest BCUT2D eigenvalue weighted by Gasteiger charge is -2.26. The van der Waals surface area contributed by atoms with E-state index in [1.165, 1.54) is 4.90 Å². The number of nitrogens with zero attached hydrogens (tertiary/aromatic N) is 4. The molecule has 0 atom stereocenters. The zero-order chi connectivity index (χ0) is 26.1. The fourth-order valence-electron chi connectivity index (χ4n) is 3.99. The molecule has 8 nitrogen and oxygen atoms in total. The van der Waals surface area contributed by atoms with E-state index in [0.717, 1.165) is 0 Å². The molecule has 36 heavy (non-hydrogen) atoms. The quantitative estimate of drug-likeness (QED) is 0.574. The minimum atomic E-state index is -5.00. The molecular formula is C22H22F6N4O4. The monoisotopic (exact) mass is 520 g/mol. The minimum Gasteiger partial charge on any atom is -0.445 e. The fraction of sp³-hybridized carbons (Fsp3) is 0.500. The number of morpholine rings is 1. The van der Waals surface area contributed by atoms with Gasteiger partial charge < -0.3 is 19.3 Å². The smallest absolute Gasteiger partial charge is 0.416 e. The van der Waals surface area contributed by atoms with Gasteiger partial charge in [0, 0.05) is 26.2 Å². The van der Waals surface area contributed by atoms with E-state index >= 15 is 0 Å². The van der Waals surface area contributed by atoms with Gasteiger partial charge in [0.1, 0.15) is 6.61 Å². The van der Waals surface area contributed by atoms with Gasteiger partial charge in [-0.05, 0) is 36.2 Å². The molecule has 2 aromatic rings. The van der Waals surface area contributed by atoms with Gasteiger partial charge in [0.25, 0.3) is 5.91 Å². The van der Waals surface area contributed by atoms with Crippen LogP contribution in [0.5, 0.6) is 0 Å². The minimum absolute atomic E-state index is 0.0110. The van der Waals surface area contributed by atoms with Gasteiger partial charge >= 0.3 is 18.4 Å². The standard InChI is InChI=1S/C22H22F6N4O4/c23-21(24,25)15-8-14(9-16(10-15)22(26,27)28)13-36-20(34)31-2-1-3-32-17(12-31)11-18(29-32)19(33)30-4-6-35-7-5-30/h8-11H,1-7,12-13H2. The largest absolute Gasteiger partial charge is 0.445 e. The van der Waals surface area contributed by atoms with Crippen molar-refractivity contribution in [1.82, 2.24) is 19.6 Å². The Labute approximate surface area is 201 Å². The number of hydrogen-bond acceptors (Lipinski definition) is 5. The number of carbonyl (C=O) groups excluding carboxylic acids is 2. The van der Waals surface area contributed by atoms with Gasteiger partial charge in [0.2, 0.25) is 0 Å². The highest BCUT2D eigenvalue weighted by molar-refractivity contribution is 5.92. The van der Waals surface area contributed by atoms with Crippen molar-refractivity contribution in [3.63, 3.8) is 0 Å². The van der Waals surface area contributed by atoms with E-state index < -0.39 is 41.7 Å². The van der Waals surface area contributed by atoms with Crippen molar-refractivity contribution < 1.29 is 45.4 Å². The summed E-state index contributed by atoms with van der Waals surface area (Å²) in [6.07, 6.45) is -10.5. The molecular weight excluding hydrogens is 498 g/mol. The lowest BCUT2D eigenvalue weighted by molar-refractivity contribution is -0.143. The highest BCUT2D eigenvalue weighted by Gasteiger charge is 2.37. The Morgan fingerprint density at radius 2 is 1.53 bits per heavy atom. The molecule has 14 heteroatoms. The number of ether oxygens (including phenoxy) is 2. The molecule has 196 valence electrons. The first-order valence-corrected chi connectivity index (χ1v) is 11.1. The molecule has 3 heterocycles. The highest BCUT2D eigenvalue weighted by Crippen LogP contribution is 2.36. The Morgan fingerprint density at radius 1 is 0.889 bits per heavy atom. The highest BCUT2D eigenvalue weighted by atomic mass is 19.4. The number of amides is 2. The van der Waals surface area contributed by atoms with Crippen LogP contribution in [0.1, 0.15) is 39.3 Å². The number of aryl methyl sites for hydroxylation is 1. The third kappa shape index (κ3) is 5.91. The van der Waals surface area contributed by atoms with Crippen LogP contribution in [0.3, 0.4) is 0 Å². The van der Waals surface area contributed by atoms with Gasteiger partial charge in [-0.2, -0.15) is 31.4 Å². The van der Waals surface area contributed by atoms with Crippen LogP contribution in [0.15, 0.2) is 24.3 Å². The SMILES string of the molecule is O=C(OCc1cc(C(F)(F)F)cc(C(F)(F)F)c1)N1CCCn2nc(C(=O)N3CCOCC3)cc2C1. The predicted molar refractivity (Wildman–Crippen MR) is 111 cm³/mol. The summed E-state index contributed by atoms with van der Waals surface area (Å²) in [6, 6.07) is 2.61. The molecule has 0 spiro atoms. The second-order valence-electron chi connectivity index (χ2n) is 8.39. The van der Waals surface area contributed by atoms with Crippen molar-refractivity contribution in [2.24, 2.45) is 0 Å². The Hall–Kier alpha value is -3.29. The summed E-state index contributed by atoms with van der Waals surface area (Å²) in [5.41, 5.74) is -2.65. The van der Waals surface area contributed by atoms with Gasteiger partial charge in [-0.25, -0.2) is 4.79 Å². The number of rotatable bonds is 3. The van der Waals surface area contributed by atoms with Gasteiger partial charge in [0.15, 0.2) is 5.69 Å². The number of fused-ring (bicyclic) bond motifs is 1. The van der Waals surface area contributed by atoms with Crippen molar-refractivity contribution in [1.29, 1.82) is 0 Å². The molecule has 0 aliphatic carbocycles. The second-order valence-corrected chi connectivity index (χ2v) is 8.39. The molecule has 2 amide bonds. The lowest BCUT2D eigenvalue weighted by Crippen LogP contribution is -2.40. The number of halogens is 6. The number of aromatic nitrogens is 2. The summed E-state index contributed by atoms with van der Waals surface area (Å²) >= 11 is 0. The molecule has 1 aromatic heterocycles. The summed E-state index contributed by atoms with van der Waals surface area (Å²) < 4.78 is 90.3. The average molecular weight is 520 g/mol.